The van der Waals surface area contributed by atoms with E-state index in [-0.39, 0.29) is 5.82 Å². The molecule has 2 aromatic rings. The second-order valence-corrected chi connectivity index (χ2v) is 2.59. The van der Waals surface area contributed by atoms with Crippen LogP contribution in [0.2, 0.25) is 0 Å². The van der Waals surface area contributed by atoms with E-state index in [1.807, 2.05) is 0 Å². The van der Waals surface area contributed by atoms with Gasteiger partial charge in [-0.1, -0.05) is 6.07 Å². The lowest BCUT2D eigenvalue weighted by molar-refractivity contribution is 0.0681. The first-order valence-corrected chi connectivity index (χ1v) is 3.85. The number of aromatic nitrogens is 3. The van der Waals surface area contributed by atoms with Crippen molar-refractivity contribution in [1.82, 2.24) is 14.6 Å². The molecule has 0 unspecified atom stereocenters. The summed E-state index contributed by atoms with van der Waals surface area (Å²) in [5.41, 5.74) is 0.446. The minimum absolute atomic E-state index is 0.155. The van der Waals surface area contributed by atoms with Crippen LogP contribution in [0.15, 0.2) is 18.2 Å². The van der Waals surface area contributed by atoms with Crippen molar-refractivity contribution in [1.29, 1.82) is 0 Å². The third kappa shape index (κ3) is 1.08. The highest BCUT2D eigenvalue weighted by Gasteiger charge is 2.15. The second-order valence-electron chi connectivity index (χ2n) is 2.59. The molecule has 0 aromatic carbocycles. The number of hydrogen-bond acceptors (Lipinski definition) is 4. The zero-order chi connectivity index (χ0) is 10.1. The largest absolute Gasteiger partial charge is 0.482 e. The predicted octanol–water partition coefficient (Wildman–Crippen LogP) is 0.436. The summed E-state index contributed by atoms with van der Waals surface area (Å²) in [6.07, 6.45) is 0. The molecule has 72 valence electrons. The van der Waals surface area contributed by atoms with Crippen molar-refractivity contribution >= 4 is 11.6 Å². The van der Waals surface area contributed by atoms with Crippen LogP contribution in [0, 0.1) is 0 Å². The van der Waals surface area contributed by atoms with Crippen molar-refractivity contribution in [2.24, 2.45) is 0 Å². The average molecular weight is 193 g/mol. The minimum atomic E-state index is -1.14. The fourth-order valence-corrected chi connectivity index (χ4v) is 1.21. The molecule has 0 aliphatic heterocycles. The Morgan fingerprint density at radius 3 is 2.93 bits per heavy atom. The summed E-state index contributed by atoms with van der Waals surface area (Å²) < 4.78 is 6.33. The van der Waals surface area contributed by atoms with Gasteiger partial charge in [0.1, 0.15) is 0 Å². The highest BCUT2D eigenvalue weighted by Crippen LogP contribution is 2.14. The van der Waals surface area contributed by atoms with Crippen LogP contribution in [0.5, 0.6) is 5.88 Å². The van der Waals surface area contributed by atoms with Gasteiger partial charge in [-0.3, -0.25) is 0 Å². The molecule has 0 atom stereocenters. The number of aromatic carboxylic acids is 1. The summed E-state index contributed by atoms with van der Waals surface area (Å²) in [5, 5.41) is 16.1. The number of rotatable bonds is 2. The fourth-order valence-electron chi connectivity index (χ4n) is 1.21. The third-order valence-electron chi connectivity index (χ3n) is 1.79. The monoisotopic (exact) mass is 193 g/mol. The van der Waals surface area contributed by atoms with Gasteiger partial charge in [0.15, 0.2) is 5.65 Å². The minimum Gasteiger partial charge on any atom is -0.482 e. The topological polar surface area (TPSA) is 76.7 Å². The first-order valence-electron chi connectivity index (χ1n) is 3.85. The lowest BCUT2D eigenvalue weighted by atomic mass is 10.4. The zero-order valence-electron chi connectivity index (χ0n) is 7.34. The molecule has 0 radical (unpaired) electrons. The molecule has 0 bridgehead atoms. The van der Waals surface area contributed by atoms with Gasteiger partial charge in [-0.05, 0) is 12.1 Å². The molecular weight excluding hydrogens is 186 g/mol. The lowest BCUT2D eigenvalue weighted by Crippen LogP contribution is -2.05. The van der Waals surface area contributed by atoms with Crippen LogP contribution in [0.1, 0.15) is 10.6 Å². The number of pyridine rings is 1. The van der Waals surface area contributed by atoms with Gasteiger partial charge >= 0.3 is 5.97 Å². The number of carbonyl (C=O) groups is 1. The molecule has 2 aromatic heterocycles. The lowest BCUT2D eigenvalue weighted by Gasteiger charge is -2.02. The van der Waals surface area contributed by atoms with Crippen LogP contribution < -0.4 is 4.74 Å². The van der Waals surface area contributed by atoms with Crippen LogP contribution in [0.3, 0.4) is 0 Å². The maximum atomic E-state index is 10.8. The van der Waals surface area contributed by atoms with Crippen LogP contribution >= 0.6 is 0 Å². The molecule has 0 aliphatic rings. The standard InChI is InChI=1S/C8H7N3O3/c1-14-6-4-2-3-5-9-10-7(8(12)13)11(5)6/h2-4H,1H3,(H,12,13). The van der Waals surface area contributed by atoms with E-state index in [0.717, 1.165) is 0 Å². The van der Waals surface area contributed by atoms with Gasteiger partial charge in [0.2, 0.25) is 11.7 Å². The Morgan fingerprint density at radius 2 is 2.29 bits per heavy atom. The van der Waals surface area contributed by atoms with Crippen molar-refractivity contribution in [3.05, 3.63) is 24.0 Å². The highest BCUT2D eigenvalue weighted by atomic mass is 16.5. The van der Waals surface area contributed by atoms with E-state index >= 15 is 0 Å². The Kier molecular flexibility index (Phi) is 1.81. The molecular formula is C8H7N3O3. The summed E-state index contributed by atoms with van der Waals surface area (Å²) in [7, 11) is 1.46. The molecule has 2 heterocycles. The third-order valence-corrected chi connectivity index (χ3v) is 1.79. The number of hydrogen-bond donors (Lipinski definition) is 1. The Bertz CT molecular complexity index is 492. The number of fused-ring (bicyclic) bond motifs is 1. The molecule has 0 aliphatic carbocycles. The molecule has 6 heteroatoms. The van der Waals surface area contributed by atoms with Gasteiger partial charge in [0, 0.05) is 0 Å². The quantitative estimate of drug-likeness (QED) is 0.748. The SMILES string of the molecule is COc1cccc2nnc(C(=O)O)n12. The van der Waals surface area contributed by atoms with Crippen molar-refractivity contribution in [2.75, 3.05) is 7.11 Å². The predicted molar refractivity (Wildman–Crippen MR) is 46.5 cm³/mol. The van der Waals surface area contributed by atoms with Crippen LogP contribution in [0.25, 0.3) is 5.65 Å². The summed E-state index contributed by atoms with van der Waals surface area (Å²) in [4.78, 5) is 10.8. The normalized spacial score (nSPS) is 10.4. The van der Waals surface area contributed by atoms with Crippen molar-refractivity contribution in [2.45, 2.75) is 0 Å². The maximum Gasteiger partial charge on any atom is 0.374 e. The smallest absolute Gasteiger partial charge is 0.374 e. The van der Waals surface area contributed by atoms with E-state index in [1.54, 1.807) is 18.2 Å². The number of methoxy groups -OCH3 is 1. The van der Waals surface area contributed by atoms with Gasteiger partial charge < -0.3 is 9.84 Å². The van der Waals surface area contributed by atoms with E-state index < -0.39 is 5.97 Å². The van der Waals surface area contributed by atoms with Crippen LogP contribution in [0.4, 0.5) is 0 Å². The van der Waals surface area contributed by atoms with Gasteiger partial charge in [0.25, 0.3) is 0 Å². The average Bonchev–Trinajstić information content (AvgIpc) is 2.60. The summed E-state index contributed by atoms with van der Waals surface area (Å²) in [6.45, 7) is 0. The van der Waals surface area contributed by atoms with Gasteiger partial charge in [-0.2, -0.15) is 0 Å². The summed E-state index contributed by atoms with van der Waals surface area (Å²) in [6, 6.07) is 5.01. The highest BCUT2D eigenvalue weighted by molar-refractivity contribution is 5.84. The number of nitrogens with zero attached hydrogens (tertiary/aromatic N) is 3. The van der Waals surface area contributed by atoms with Crippen molar-refractivity contribution in [3.63, 3.8) is 0 Å². The summed E-state index contributed by atoms with van der Waals surface area (Å²) >= 11 is 0. The molecule has 6 nitrogen and oxygen atoms in total. The molecule has 0 fully saturated rings. The van der Waals surface area contributed by atoms with E-state index in [4.69, 9.17) is 9.84 Å². The molecule has 14 heavy (non-hydrogen) atoms. The van der Waals surface area contributed by atoms with Gasteiger partial charge in [-0.25, -0.2) is 9.20 Å². The van der Waals surface area contributed by atoms with E-state index in [1.165, 1.54) is 11.5 Å². The van der Waals surface area contributed by atoms with Crippen molar-refractivity contribution < 1.29 is 14.6 Å². The maximum absolute atomic E-state index is 10.8. The molecule has 1 N–H and O–H groups in total. The first kappa shape index (κ1) is 8.49. The summed E-state index contributed by atoms with van der Waals surface area (Å²) in [5.74, 6) is -0.899. The molecule has 0 spiro atoms. The Balaban J connectivity index is 2.81. The van der Waals surface area contributed by atoms with Gasteiger partial charge in [-0.15, -0.1) is 10.2 Å². The Hall–Kier alpha value is -2.11. The number of carboxylic acids is 1. The van der Waals surface area contributed by atoms with E-state index in [2.05, 4.69) is 10.2 Å². The first-order chi connectivity index (χ1) is 6.74. The molecule has 0 amide bonds. The zero-order valence-corrected chi connectivity index (χ0v) is 7.34. The van der Waals surface area contributed by atoms with Crippen LogP contribution in [-0.4, -0.2) is 32.8 Å². The van der Waals surface area contributed by atoms with E-state index in [9.17, 15) is 4.79 Å². The molecule has 0 saturated carbocycles. The van der Waals surface area contributed by atoms with Crippen LogP contribution in [-0.2, 0) is 0 Å². The van der Waals surface area contributed by atoms with Gasteiger partial charge in [0.05, 0.1) is 7.11 Å². The molecule has 2 rings (SSSR count). The van der Waals surface area contributed by atoms with E-state index in [0.29, 0.717) is 11.5 Å². The second kappa shape index (κ2) is 2.99. The molecule has 0 saturated heterocycles. The number of carboxylic acid groups (broad SMARTS) is 1. The number of ether oxygens (including phenoxy) is 1. The fraction of sp³-hybridized carbons (Fsp3) is 0.125. The Labute approximate surface area is 78.8 Å². The Morgan fingerprint density at radius 1 is 1.50 bits per heavy atom. The van der Waals surface area contributed by atoms with Crippen molar-refractivity contribution in [3.8, 4) is 5.88 Å².